The zero-order valence-electron chi connectivity index (χ0n) is 18.7. The predicted molar refractivity (Wildman–Crippen MR) is 121 cm³/mol. The lowest BCUT2D eigenvalue weighted by Gasteiger charge is -2.30. The number of alkyl halides is 2. The molecule has 10 heteroatoms. The van der Waals surface area contributed by atoms with Crippen molar-refractivity contribution in [2.75, 3.05) is 18.9 Å². The molecular weight excluding hydrogens is 469 g/mol. The Balaban J connectivity index is 1.72. The lowest BCUT2D eigenvalue weighted by Crippen LogP contribution is -2.53. The number of benzene rings is 2. The molecule has 0 radical (unpaired) electrons. The number of amides is 1. The van der Waals surface area contributed by atoms with Crippen LogP contribution in [0, 0.1) is 5.82 Å². The fourth-order valence-electron chi connectivity index (χ4n) is 4.58. The average Bonchev–Trinajstić information content (AvgIpc) is 3.43. The molecular formula is C24H27F3N2O4S. The second-order valence-electron chi connectivity index (χ2n) is 8.64. The number of hydrogen-bond acceptors (Lipinski definition) is 4. The third-order valence-corrected chi connectivity index (χ3v) is 7.76. The third-order valence-electron chi connectivity index (χ3n) is 6.39. The van der Waals surface area contributed by atoms with E-state index in [0.717, 1.165) is 4.90 Å². The van der Waals surface area contributed by atoms with Crippen LogP contribution in [-0.4, -0.2) is 62.2 Å². The van der Waals surface area contributed by atoms with Gasteiger partial charge in [0.25, 0.3) is 11.8 Å². The van der Waals surface area contributed by atoms with Gasteiger partial charge in [-0.15, -0.1) is 0 Å². The first-order chi connectivity index (χ1) is 16.1. The number of nitrogens with one attached hydrogen (secondary N) is 1. The molecule has 1 amide bonds. The van der Waals surface area contributed by atoms with Gasteiger partial charge in [-0.2, -0.15) is 0 Å². The maximum atomic E-state index is 15.5. The maximum absolute atomic E-state index is 15.5. The molecule has 2 heterocycles. The van der Waals surface area contributed by atoms with E-state index in [1.807, 2.05) is 0 Å². The number of ether oxygens (including phenoxy) is 1. The molecule has 0 aromatic heterocycles. The minimum absolute atomic E-state index is 0.120. The lowest BCUT2D eigenvalue weighted by atomic mass is 9.95. The zero-order chi connectivity index (χ0) is 24.5. The number of rotatable bonds is 7. The zero-order valence-corrected chi connectivity index (χ0v) is 19.5. The molecule has 4 rings (SSSR count). The van der Waals surface area contributed by atoms with E-state index < -0.39 is 58.2 Å². The summed E-state index contributed by atoms with van der Waals surface area (Å²) in [4.78, 5) is 14.1. The molecule has 6 nitrogen and oxygen atoms in total. The molecule has 0 unspecified atom stereocenters. The predicted octanol–water partition coefficient (Wildman–Crippen LogP) is 3.37. The van der Waals surface area contributed by atoms with Crippen LogP contribution in [0.25, 0.3) is 11.1 Å². The van der Waals surface area contributed by atoms with Crippen LogP contribution < -0.4 is 4.72 Å². The Hall–Kier alpha value is -2.43. The van der Waals surface area contributed by atoms with Crippen molar-refractivity contribution in [3.05, 3.63) is 59.9 Å². The molecule has 2 aromatic rings. The van der Waals surface area contributed by atoms with E-state index >= 15 is 13.2 Å². The van der Waals surface area contributed by atoms with Crippen molar-refractivity contribution in [3.63, 3.8) is 0 Å². The van der Waals surface area contributed by atoms with E-state index in [4.69, 9.17) is 4.74 Å². The van der Waals surface area contributed by atoms with E-state index in [2.05, 4.69) is 4.72 Å². The highest BCUT2D eigenvalue weighted by molar-refractivity contribution is 7.89. The van der Waals surface area contributed by atoms with Crippen LogP contribution in [0.15, 0.2) is 48.5 Å². The Labute approximate surface area is 197 Å². The van der Waals surface area contributed by atoms with Crippen LogP contribution in [0.1, 0.15) is 25.3 Å². The number of likely N-dealkylation sites (tertiary alicyclic amines) is 1. The Morgan fingerprint density at radius 1 is 1.18 bits per heavy atom. The summed E-state index contributed by atoms with van der Waals surface area (Å²) in [7, 11) is -4.02. The number of carbonyl (C=O) groups excluding carboxylic acids is 1. The van der Waals surface area contributed by atoms with E-state index in [1.54, 1.807) is 42.5 Å². The molecule has 1 N–H and O–H groups in total. The van der Waals surface area contributed by atoms with Crippen LogP contribution in [0.2, 0.25) is 0 Å². The third kappa shape index (κ3) is 4.99. The first-order valence-corrected chi connectivity index (χ1v) is 12.9. The van der Waals surface area contributed by atoms with Gasteiger partial charge in [-0.3, -0.25) is 4.79 Å². The summed E-state index contributed by atoms with van der Waals surface area (Å²) < 4.78 is 77.7. The summed E-state index contributed by atoms with van der Waals surface area (Å²) in [6.07, 6.45) is -0.112. The van der Waals surface area contributed by atoms with Gasteiger partial charge in [-0.05, 0) is 37.3 Å². The van der Waals surface area contributed by atoms with Crippen molar-refractivity contribution in [1.29, 1.82) is 0 Å². The summed E-state index contributed by atoms with van der Waals surface area (Å²) in [6.45, 7) is 0.723. The van der Waals surface area contributed by atoms with E-state index in [9.17, 15) is 13.2 Å². The summed E-state index contributed by atoms with van der Waals surface area (Å²) in [5, 5.41) is 0. The van der Waals surface area contributed by atoms with Gasteiger partial charge in [0.15, 0.2) is 0 Å². The topological polar surface area (TPSA) is 75.7 Å². The fraction of sp³-hybridized carbons (Fsp3) is 0.458. The van der Waals surface area contributed by atoms with Crippen LogP contribution >= 0.6 is 0 Å². The van der Waals surface area contributed by atoms with Gasteiger partial charge in [0, 0.05) is 12.2 Å². The van der Waals surface area contributed by atoms with E-state index in [1.165, 1.54) is 13.0 Å². The van der Waals surface area contributed by atoms with Crippen molar-refractivity contribution in [2.24, 2.45) is 0 Å². The molecule has 2 saturated heterocycles. The van der Waals surface area contributed by atoms with Gasteiger partial charge in [-0.1, -0.05) is 48.5 Å². The SMILES string of the molecule is CCS(=O)(=O)N[C@@H]1[C@H](Cc2cccc(-c3ccccc3)c2F)N(C(=O)[C@H]2CCCO2)CC1(F)F. The van der Waals surface area contributed by atoms with Gasteiger partial charge in [0.2, 0.25) is 10.0 Å². The van der Waals surface area contributed by atoms with Gasteiger partial charge < -0.3 is 9.64 Å². The monoisotopic (exact) mass is 496 g/mol. The first-order valence-electron chi connectivity index (χ1n) is 11.3. The molecule has 0 saturated carbocycles. The highest BCUT2D eigenvalue weighted by atomic mass is 32.2. The second kappa shape index (κ2) is 9.67. The van der Waals surface area contributed by atoms with Crippen LogP contribution in [-0.2, 0) is 26.0 Å². The van der Waals surface area contributed by atoms with Gasteiger partial charge in [0.1, 0.15) is 18.0 Å². The van der Waals surface area contributed by atoms with Crippen molar-refractivity contribution in [1.82, 2.24) is 9.62 Å². The summed E-state index contributed by atoms with van der Waals surface area (Å²) in [5.41, 5.74) is 1.04. The van der Waals surface area contributed by atoms with E-state index in [0.29, 0.717) is 30.6 Å². The molecule has 0 spiro atoms. The maximum Gasteiger partial charge on any atom is 0.283 e. The van der Waals surface area contributed by atoms with Crippen LogP contribution in [0.4, 0.5) is 13.2 Å². The number of halogens is 3. The Morgan fingerprint density at radius 3 is 2.56 bits per heavy atom. The van der Waals surface area contributed by atoms with Crippen molar-refractivity contribution < 1.29 is 31.1 Å². The first kappa shape index (κ1) is 24.7. The summed E-state index contributed by atoms with van der Waals surface area (Å²) in [6, 6.07) is 10.3. The number of carbonyl (C=O) groups is 1. The summed E-state index contributed by atoms with van der Waals surface area (Å²) in [5.74, 6) is -5.15. The standard InChI is InChI=1S/C24H27F3N2O4S/c1-2-34(31,32)28-22-19(29(15-24(22,26)27)23(30)20-12-7-13-33-20)14-17-10-6-11-18(21(17)25)16-8-4-3-5-9-16/h3-6,8-11,19-20,22,28H,2,7,12-15H2,1H3/t19-,20+,22+/m0/s1. The number of sulfonamides is 1. The molecule has 3 atom stereocenters. The lowest BCUT2D eigenvalue weighted by molar-refractivity contribution is -0.143. The molecule has 184 valence electrons. The van der Waals surface area contributed by atoms with Gasteiger partial charge >= 0.3 is 0 Å². The Bertz CT molecular complexity index is 1140. The largest absolute Gasteiger partial charge is 0.368 e. The number of hydrogen-bond donors (Lipinski definition) is 1. The Morgan fingerprint density at radius 2 is 1.91 bits per heavy atom. The average molecular weight is 497 g/mol. The minimum Gasteiger partial charge on any atom is -0.368 e. The second-order valence-corrected chi connectivity index (χ2v) is 10.7. The molecule has 2 aliphatic heterocycles. The highest BCUT2D eigenvalue weighted by Crippen LogP contribution is 2.37. The molecule has 2 aliphatic rings. The quantitative estimate of drug-likeness (QED) is 0.638. The highest BCUT2D eigenvalue weighted by Gasteiger charge is 2.57. The van der Waals surface area contributed by atoms with Crippen LogP contribution in [0.3, 0.4) is 0 Å². The smallest absolute Gasteiger partial charge is 0.283 e. The molecule has 34 heavy (non-hydrogen) atoms. The fourth-order valence-corrected chi connectivity index (χ4v) is 5.46. The van der Waals surface area contributed by atoms with E-state index in [-0.39, 0.29) is 12.0 Å². The molecule has 0 aliphatic carbocycles. The van der Waals surface area contributed by atoms with Crippen molar-refractivity contribution in [3.8, 4) is 11.1 Å². The Kier molecular flexibility index (Phi) is 7.02. The number of nitrogens with zero attached hydrogens (tertiary/aromatic N) is 1. The minimum atomic E-state index is -4.02. The van der Waals surface area contributed by atoms with Crippen LogP contribution in [0.5, 0.6) is 0 Å². The molecule has 2 aromatic carbocycles. The van der Waals surface area contributed by atoms with Gasteiger partial charge in [-0.25, -0.2) is 26.3 Å². The molecule has 0 bridgehead atoms. The molecule has 2 fully saturated rings. The summed E-state index contributed by atoms with van der Waals surface area (Å²) >= 11 is 0. The van der Waals surface area contributed by atoms with Crippen molar-refractivity contribution in [2.45, 2.75) is 50.3 Å². The normalized spacial score (nSPS) is 24.5. The van der Waals surface area contributed by atoms with Crippen molar-refractivity contribution >= 4 is 15.9 Å². The van der Waals surface area contributed by atoms with Gasteiger partial charge in [0.05, 0.1) is 18.3 Å².